The molecule has 0 radical (unpaired) electrons. The van der Waals surface area contributed by atoms with Crippen LogP contribution in [0, 0.1) is 0 Å². The van der Waals surface area contributed by atoms with Crippen molar-refractivity contribution in [2.24, 2.45) is 0 Å². The van der Waals surface area contributed by atoms with Crippen molar-refractivity contribution in [3.8, 4) is 5.75 Å². The number of fused-ring (bicyclic) bond motifs is 1. The van der Waals surface area contributed by atoms with Gasteiger partial charge in [-0.05, 0) is 12.8 Å². The number of hydrogen-bond donors (Lipinski definition) is 0. The number of anilines is 1. The van der Waals surface area contributed by atoms with Gasteiger partial charge in [-0.3, -0.25) is 0 Å². The molecule has 1 heterocycles. The molecule has 0 aliphatic carbocycles. The second kappa shape index (κ2) is 8.87. The van der Waals surface area contributed by atoms with E-state index in [4.69, 9.17) is 9.72 Å². The summed E-state index contributed by atoms with van der Waals surface area (Å²) in [5.41, 5.74) is 1.38. The van der Waals surface area contributed by atoms with E-state index < -0.39 is 8.24 Å². The van der Waals surface area contributed by atoms with Crippen molar-refractivity contribution in [1.82, 2.24) is 0 Å². The van der Waals surface area contributed by atoms with Crippen molar-refractivity contribution in [2.45, 2.75) is 52.2 Å². The number of rotatable bonds is 4. The van der Waals surface area contributed by atoms with Gasteiger partial charge in [0.1, 0.15) is 0 Å². The minimum Gasteiger partial charge on any atom is -0.663 e. The minimum atomic E-state index is -1.88. The second-order valence-electron chi connectivity index (χ2n) is 8.39. The van der Waals surface area contributed by atoms with Crippen LogP contribution in [0.3, 0.4) is 0 Å². The van der Waals surface area contributed by atoms with Gasteiger partial charge in [-0.25, -0.2) is 0 Å². The van der Waals surface area contributed by atoms with Gasteiger partial charge < -0.3 is 14.6 Å². The van der Waals surface area contributed by atoms with Crippen molar-refractivity contribution in [3.05, 3.63) is 29.2 Å². The average Bonchev–Trinajstić information content (AvgIpc) is 3.11. The van der Waals surface area contributed by atoms with E-state index >= 15 is 0 Å². The first-order valence-corrected chi connectivity index (χ1v) is 11.9. The minimum absolute atomic E-state index is 0. The third-order valence-corrected chi connectivity index (χ3v) is 7.76. The predicted molar refractivity (Wildman–Crippen MR) is 108 cm³/mol. The van der Waals surface area contributed by atoms with Crippen LogP contribution >= 0.6 is 0 Å². The third-order valence-electron chi connectivity index (χ3n) is 4.79. The van der Waals surface area contributed by atoms with Crippen molar-refractivity contribution in [3.63, 3.8) is 0 Å². The van der Waals surface area contributed by atoms with Crippen molar-refractivity contribution in [2.75, 3.05) is 25.1 Å². The van der Waals surface area contributed by atoms with E-state index in [0.717, 1.165) is 18.8 Å². The van der Waals surface area contributed by atoms with E-state index in [2.05, 4.69) is 63.0 Å². The Hall–Kier alpha value is -0.198. The Labute approximate surface area is 184 Å². The Kier molecular flexibility index (Phi) is 8.13. The average molecular weight is 356 g/mol. The van der Waals surface area contributed by atoms with Crippen LogP contribution in [-0.4, -0.2) is 34.0 Å². The monoisotopic (exact) mass is 356 g/mol. The fraction of sp³-hybridized carbons (Fsp3) is 0.550. The van der Waals surface area contributed by atoms with E-state index in [1.807, 2.05) is 0 Å². The Morgan fingerprint density at radius 1 is 1.12 bits per heavy atom. The Morgan fingerprint density at radius 2 is 1.73 bits per heavy atom. The molecule has 1 aliphatic rings. The van der Waals surface area contributed by atoms with Gasteiger partial charge in [0.2, 0.25) is 0 Å². The second-order valence-corrected chi connectivity index (χ2v) is 12.3. The molecule has 6 heteroatoms. The van der Waals surface area contributed by atoms with Crippen LogP contribution in [0.1, 0.15) is 33.6 Å². The van der Waals surface area contributed by atoms with E-state index in [1.54, 1.807) is 7.11 Å². The fourth-order valence-corrected chi connectivity index (χ4v) is 7.18. The normalized spacial score (nSPS) is 14.9. The van der Waals surface area contributed by atoms with Crippen LogP contribution in [0.15, 0.2) is 24.3 Å². The molecule has 0 N–H and O–H groups in total. The molecule has 1 aliphatic heterocycles. The summed E-state index contributed by atoms with van der Waals surface area (Å²) in [4.78, 5) is 7.77. The van der Waals surface area contributed by atoms with Gasteiger partial charge in [-0.1, -0.05) is 59.9 Å². The molecule has 2 aromatic rings. The largest absolute Gasteiger partial charge is 1.00 e. The maximum Gasteiger partial charge on any atom is 1.00 e. The molecular formula is C20H30Li2N2OSi. The van der Waals surface area contributed by atoms with E-state index in [-0.39, 0.29) is 43.3 Å². The zero-order valence-corrected chi connectivity index (χ0v) is 18.9. The number of benzene rings is 1. The van der Waals surface area contributed by atoms with Gasteiger partial charge in [0, 0.05) is 13.1 Å². The van der Waals surface area contributed by atoms with Crippen molar-refractivity contribution in [1.29, 1.82) is 0 Å². The first kappa shape index (κ1) is 23.8. The van der Waals surface area contributed by atoms with Gasteiger partial charge in [-0.15, -0.1) is 28.4 Å². The molecule has 1 fully saturated rings. The smallest absolute Gasteiger partial charge is 0.663 e. The quantitative estimate of drug-likeness (QED) is 0.506. The van der Waals surface area contributed by atoms with Crippen molar-refractivity contribution < 1.29 is 42.5 Å². The number of methoxy groups -OCH3 is 1. The third kappa shape index (κ3) is 4.99. The zero-order chi connectivity index (χ0) is 17.5. The van der Waals surface area contributed by atoms with Gasteiger partial charge in [0.15, 0.2) is 0 Å². The maximum absolute atomic E-state index is 5.48. The maximum atomic E-state index is 5.48. The molecule has 0 spiro atoms. The SMILES string of the molecule is COc1ccc2c(c1)c(N1CCCC1)c[c-]2[Si](C)(C)[N-]C(C)(C)C.[Li+].[Li+]. The van der Waals surface area contributed by atoms with Gasteiger partial charge >= 0.3 is 37.7 Å². The van der Waals surface area contributed by atoms with E-state index in [9.17, 15) is 0 Å². The Morgan fingerprint density at radius 3 is 2.27 bits per heavy atom. The molecule has 3 rings (SSSR count). The predicted octanol–water partition coefficient (Wildman–Crippen LogP) is -1.24. The van der Waals surface area contributed by atoms with Crippen LogP contribution in [0.25, 0.3) is 15.8 Å². The number of ether oxygens (including phenoxy) is 1. The fourth-order valence-electron chi connectivity index (χ4n) is 4.01. The molecule has 26 heavy (non-hydrogen) atoms. The molecule has 0 saturated carbocycles. The molecule has 1 saturated heterocycles. The van der Waals surface area contributed by atoms with E-state index in [0.29, 0.717) is 0 Å². The van der Waals surface area contributed by atoms with Crippen molar-refractivity contribution >= 4 is 29.9 Å². The number of nitrogens with zero attached hydrogens (tertiary/aromatic N) is 2. The van der Waals surface area contributed by atoms with Crippen LogP contribution in [0.5, 0.6) is 5.75 Å². The molecule has 3 nitrogen and oxygen atoms in total. The van der Waals surface area contributed by atoms with Gasteiger partial charge in [0.05, 0.1) is 12.9 Å². The molecule has 0 bridgehead atoms. The summed E-state index contributed by atoms with van der Waals surface area (Å²) < 4.78 is 5.48. The first-order valence-electron chi connectivity index (χ1n) is 8.98. The van der Waals surface area contributed by atoms with Crippen LogP contribution < -0.4 is 52.5 Å². The molecule has 0 aromatic heterocycles. The topological polar surface area (TPSA) is 26.6 Å². The number of hydrogen-bond acceptors (Lipinski definition) is 2. The Bertz CT molecular complexity index is 731. The van der Waals surface area contributed by atoms with Crippen LogP contribution in [0.2, 0.25) is 13.1 Å². The summed E-state index contributed by atoms with van der Waals surface area (Å²) in [6.07, 6.45) is 2.58. The first-order chi connectivity index (χ1) is 11.2. The summed E-state index contributed by atoms with van der Waals surface area (Å²) >= 11 is 0. The molecular weight excluding hydrogens is 326 g/mol. The molecule has 132 valence electrons. The molecule has 0 unspecified atom stereocenters. The molecule has 0 atom stereocenters. The Balaban J connectivity index is 0.00000169. The summed E-state index contributed by atoms with van der Waals surface area (Å²) in [6, 6.07) is 8.95. The molecule has 2 aromatic carbocycles. The van der Waals surface area contributed by atoms with Gasteiger partial charge in [-0.2, -0.15) is 5.19 Å². The van der Waals surface area contributed by atoms with Gasteiger partial charge in [0.25, 0.3) is 0 Å². The summed E-state index contributed by atoms with van der Waals surface area (Å²) in [7, 11) is -0.135. The van der Waals surface area contributed by atoms with Crippen LogP contribution in [-0.2, 0) is 0 Å². The summed E-state index contributed by atoms with van der Waals surface area (Å²) in [5.74, 6) is 0.937. The zero-order valence-electron chi connectivity index (χ0n) is 17.9. The van der Waals surface area contributed by atoms with Crippen LogP contribution in [0.4, 0.5) is 5.69 Å². The standard InChI is InChI=1S/C20H30N2OSi.2Li/c1-20(2,3)21-24(5,6)19-14-18(22-11-7-8-12-22)17-13-15(23-4)9-10-16(17)19;;/h9-10,13-14H,7-8,11-12H2,1-6H3;;/q-2;2*+1. The summed E-state index contributed by atoms with van der Waals surface area (Å²) in [6.45, 7) is 13.7. The molecule has 0 amide bonds. The van der Waals surface area contributed by atoms with E-state index in [1.165, 1.54) is 34.5 Å². The summed E-state index contributed by atoms with van der Waals surface area (Å²) in [5, 5.41) is 4.15.